The van der Waals surface area contributed by atoms with Crippen LogP contribution in [0.15, 0.2) is 36.4 Å². The van der Waals surface area contributed by atoms with E-state index in [4.69, 9.17) is 16.7 Å². The van der Waals surface area contributed by atoms with E-state index in [-0.39, 0.29) is 21.8 Å². The van der Waals surface area contributed by atoms with E-state index in [1.165, 1.54) is 18.2 Å². The number of halogens is 3. The molecule has 0 heterocycles. The van der Waals surface area contributed by atoms with Gasteiger partial charge in [0.15, 0.2) is 11.6 Å². The second kappa shape index (κ2) is 5.88. The number of nitrogens with one attached hydrogen (secondary N) is 1. The lowest BCUT2D eigenvalue weighted by Crippen LogP contribution is -2.15. The number of hydrogen-bond acceptors (Lipinski definition) is 2. The summed E-state index contributed by atoms with van der Waals surface area (Å²) < 4.78 is 25.9. The molecule has 0 saturated carbocycles. The molecule has 0 bridgehead atoms. The van der Waals surface area contributed by atoms with E-state index in [1.807, 2.05) is 0 Å². The number of para-hydroxylation sites is 1. The number of carboxylic acids is 1. The molecule has 0 aliphatic rings. The van der Waals surface area contributed by atoms with Gasteiger partial charge in [-0.05, 0) is 30.3 Å². The average Bonchev–Trinajstić information content (AvgIpc) is 2.43. The van der Waals surface area contributed by atoms with Crippen LogP contribution in [0.2, 0.25) is 5.02 Å². The van der Waals surface area contributed by atoms with Crippen molar-refractivity contribution in [3.8, 4) is 0 Å². The van der Waals surface area contributed by atoms with Gasteiger partial charge in [-0.15, -0.1) is 0 Å². The van der Waals surface area contributed by atoms with E-state index in [0.717, 1.165) is 12.1 Å². The molecular weight excluding hydrogens is 304 g/mol. The lowest BCUT2D eigenvalue weighted by atomic mass is 10.1. The van der Waals surface area contributed by atoms with E-state index in [0.29, 0.717) is 6.07 Å². The second-order valence-corrected chi connectivity index (χ2v) is 4.46. The van der Waals surface area contributed by atoms with Gasteiger partial charge in [0.25, 0.3) is 5.91 Å². The topological polar surface area (TPSA) is 66.4 Å². The van der Waals surface area contributed by atoms with Crippen molar-refractivity contribution in [2.24, 2.45) is 0 Å². The SMILES string of the molecule is O=C(Nc1c(Cl)cccc1C(=O)O)c1ccc(F)c(F)c1. The van der Waals surface area contributed by atoms with E-state index in [9.17, 15) is 18.4 Å². The van der Waals surface area contributed by atoms with Crippen LogP contribution >= 0.6 is 11.6 Å². The number of aromatic carboxylic acids is 1. The number of carboxylic acid groups (broad SMARTS) is 1. The van der Waals surface area contributed by atoms with Gasteiger partial charge in [0.1, 0.15) is 0 Å². The van der Waals surface area contributed by atoms with Crippen LogP contribution in [0, 0.1) is 11.6 Å². The Hall–Kier alpha value is -2.47. The first-order valence-corrected chi connectivity index (χ1v) is 6.06. The number of anilines is 1. The van der Waals surface area contributed by atoms with E-state index in [1.54, 1.807) is 0 Å². The summed E-state index contributed by atoms with van der Waals surface area (Å²) in [5, 5.41) is 11.3. The first-order valence-electron chi connectivity index (χ1n) is 5.68. The standard InChI is InChI=1S/C14H8ClF2NO3/c15-9-3-1-2-8(14(20)21)12(9)18-13(19)7-4-5-10(16)11(17)6-7/h1-6H,(H,18,19)(H,20,21). The third-order valence-electron chi connectivity index (χ3n) is 2.66. The van der Waals surface area contributed by atoms with Crippen molar-refractivity contribution in [2.75, 3.05) is 5.32 Å². The fourth-order valence-corrected chi connectivity index (χ4v) is 1.87. The van der Waals surface area contributed by atoms with Crippen LogP contribution in [0.5, 0.6) is 0 Å². The van der Waals surface area contributed by atoms with Crippen molar-refractivity contribution in [1.82, 2.24) is 0 Å². The van der Waals surface area contributed by atoms with Crippen molar-refractivity contribution < 1.29 is 23.5 Å². The highest BCUT2D eigenvalue weighted by Gasteiger charge is 2.17. The molecule has 2 aromatic rings. The Bertz CT molecular complexity index is 734. The lowest BCUT2D eigenvalue weighted by molar-refractivity contribution is 0.0698. The molecule has 0 aliphatic heterocycles. The summed E-state index contributed by atoms with van der Waals surface area (Å²) in [5.74, 6) is -4.35. The fraction of sp³-hybridized carbons (Fsp3) is 0. The predicted octanol–water partition coefficient (Wildman–Crippen LogP) is 3.57. The van der Waals surface area contributed by atoms with Gasteiger partial charge < -0.3 is 10.4 Å². The molecule has 21 heavy (non-hydrogen) atoms. The Kier molecular flexibility index (Phi) is 4.18. The number of carbonyl (C=O) groups is 2. The minimum atomic E-state index is -1.28. The Morgan fingerprint density at radius 3 is 2.43 bits per heavy atom. The first kappa shape index (κ1) is 14.9. The third-order valence-corrected chi connectivity index (χ3v) is 2.98. The van der Waals surface area contributed by atoms with Crippen LogP contribution < -0.4 is 5.32 Å². The molecule has 0 aliphatic carbocycles. The molecule has 0 spiro atoms. The molecule has 0 fully saturated rings. The largest absolute Gasteiger partial charge is 0.478 e. The van der Waals surface area contributed by atoms with E-state index < -0.39 is 23.5 Å². The van der Waals surface area contributed by atoms with Crippen molar-refractivity contribution in [3.05, 3.63) is 64.2 Å². The Balaban J connectivity index is 2.36. The summed E-state index contributed by atoms with van der Waals surface area (Å²) in [5.41, 5.74) is -0.481. The van der Waals surface area contributed by atoms with Crippen LogP contribution in [0.25, 0.3) is 0 Å². The quantitative estimate of drug-likeness (QED) is 0.910. The van der Waals surface area contributed by atoms with Gasteiger partial charge in [-0.1, -0.05) is 17.7 Å². The molecule has 1 amide bonds. The lowest BCUT2D eigenvalue weighted by Gasteiger charge is -2.10. The van der Waals surface area contributed by atoms with E-state index >= 15 is 0 Å². The molecular formula is C14H8ClF2NO3. The van der Waals surface area contributed by atoms with Crippen LogP contribution in [-0.2, 0) is 0 Å². The van der Waals surface area contributed by atoms with Crippen LogP contribution in [0.4, 0.5) is 14.5 Å². The molecule has 0 saturated heterocycles. The molecule has 7 heteroatoms. The second-order valence-electron chi connectivity index (χ2n) is 4.05. The predicted molar refractivity (Wildman–Crippen MR) is 72.7 cm³/mol. The summed E-state index contributed by atoms with van der Waals surface area (Å²) in [4.78, 5) is 23.0. The van der Waals surface area contributed by atoms with Gasteiger partial charge in [-0.25, -0.2) is 13.6 Å². The zero-order valence-corrected chi connectivity index (χ0v) is 11.1. The summed E-state index contributed by atoms with van der Waals surface area (Å²) in [6.07, 6.45) is 0. The maximum Gasteiger partial charge on any atom is 0.337 e. The molecule has 0 aromatic heterocycles. The number of amides is 1. The summed E-state index contributed by atoms with van der Waals surface area (Å²) >= 11 is 5.85. The van der Waals surface area contributed by atoms with Gasteiger partial charge in [0.05, 0.1) is 16.3 Å². The van der Waals surface area contributed by atoms with Crippen LogP contribution in [0.1, 0.15) is 20.7 Å². The van der Waals surface area contributed by atoms with Gasteiger partial charge in [0.2, 0.25) is 0 Å². The van der Waals surface area contributed by atoms with Crippen LogP contribution in [0.3, 0.4) is 0 Å². The molecule has 0 radical (unpaired) electrons. The van der Waals surface area contributed by atoms with E-state index in [2.05, 4.69) is 5.32 Å². The maximum atomic E-state index is 13.1. The molecule has 0 atom stereocenters. The molecule has 4 nitrogen and oxygen atoms in total. The highest BCUT2D eigenvalue weighted by molar-refractivity contribution is 6.34. The van der Waals surface area contributed by atoms with Crippen molar-refractivity contribution in [1.29, 1.82) is 0 Å². The van der Waals surface area contributed by atoms with Crippen molar-refractivity contribution in [3.63, 3.8) is 0 Å². The molecule has 2 N–H and O–H groups in total. The van der Waals surface area contributed by atoms with Crippen LogP contribution in [-0.4, -0.2) is 17.0 Å². The summed E-state index contributed by atoms with van der Waals surface area (Å²) in [6, 6.07) is 6.66. The Labute approximate surface area is 123 Å². The monoisotopic (exact) mass is 311 g/mol. The number of benzene rings is 2. The molecule has 108 valence electrons. The molecule has 2 aromatic carbocycles. The first-order chi connectivity index (χ1) is 9.90. The normalized spacial score (nSPS) is 10.2. The Morgan fingerprint density at radius 1 is 1.10 bits per heavy atom. The van der Waals surface area contributed by atoms with Gasteiger partial charge in [-0.3, -0.25) is 4.79 Å². The minimum absolute atomic E-state index is 0.0193. The maximum absolute atomic E-state index is 13.1. The zero-order valence-electron chi connectivity index (χ0n) is 10.4. The van der Waals surface area contributed by atoms with Gasteiger partial charge >= 0.3 is 5.97 Å². The van der Waals surface area contributed by atoms with Crippen molar-refractivity contribution in [2.45, 2.75) is 0 Å². The highest BCUT2D eigenvalue weighted by atomic mass is 35.5. The van der Waals surface area contributed by atoms with Gasteiger partial charge in [0, 0.05) is 5.56 Å². The molecule has 0 unspecified atom stereocenters. The minimum Gasteiger partial charge on any atom is -0.478 e. The summed E-state index contributed by atoms with van der Waals surface area (Å²) in [7, 11) is 0. The van der Waals surface area contributed by atoms with Gasteiger partial charge in [-0.2, -0.15) is 0 Å². The third kappa shape index (κ3) is 3.17. The Morgan fingerprint density at radius 2 is 1.81 bits per heavy atom. The number of rotatable bonds is 3. The highest BCUT2D eigenvalue weighted by Crippen LogP contribution is 2.26. The molecule has 2 rings (SSSR count). The zero-order chi connectivity index (χ0) is 15.6. The number of hydrogen-bond donors (Lipinski definition) is 2. The number of carbonyl (C=O) groups excluding carboxylic acids is 1. The van der Waals surface area contributed by atoms with Crippen molar-refractivity contribution >= 4 is 29.2 Å². The summed E-state index contributed by atoms with van der Waals surface area (Å²) in [6.45, 7) is 0. The average molecular weight is 312 g/mol. The fourth-order valence-electron chi connectivity index (χ4n) is 1.65. The smallest absolute Gasteiger partial charge is 0.337 e.